The van der Waals surface area contributed by atoms with E-state index in [1.807, 2.05) is 115 Å². The second kappa shape index (κ2) is 24.9. The van der Waals surface area contributed by atoms with E-state index in [1.54, 1.807) is 60.7 Å². The smallest absolute Gasteiger partial charge is 0.335 e. The van der Waals surface area contributed by atoms with Crippen molar-refractivity contribution in [1.29, 1.82) is 0 Å². The third-order valence-electron chi connectivity index (χ3n) is 13.0. The Labute approximate surface area is 470 Å². The van der Waals surface area contributed by atoms with Gasteiger partial charge in [-0.15, -0.1) is 0 Å². The summed E-state index contributed by atoms with van der Waals surface area (Å²) in [6, 6.07) is 67.6. The summed E-state index contributed by atoms with van der Waals surface area (Å²) in [5, 5.41) is 27.5. The normalized spacial score (nSPS) is 11.8. The minimum atomic E-state index is -0.972. The van der Waals surface area contributed by atoms with E-state index in [1.165, 1.54) is 0 Å². The number of aromatic carboxylic acids is 2. The maximum absolute atomic E-state index is 11.2. The Balaban J connectivity index is 0.858. The lowest BCUT2D eigenvalue weighted by Gasteiger charge is -2.12. The molecule has 0 amide bonds. The van der Waals surface area contributed by atoms with Crippen molar-refractivity contribution in [3.05, 3.63) is 308 Å². The molecule has 6 nitrogen and oxygen atoms in total. The van der Waals surface area contributed by atoms with Gasteiger partial charge in [0.2, 0.25) is 0 Å². The minimum Gasteiger partial charge on any atom is -0.478 e. The van der Waals surface area contributed by atoms with Crippen molar-refractivity contribution in [2.24, 2.45) is 5.92 Å². The van der Waals surface area contributed by atoms with Gasteiger partial charge in [0.25, 0.3) is 0 Å². The zero-order chi connectivity index (χ0) is 55.9. The van der Waals surface area contributed by atoms with Crippen molar-refractivity contribution in [2.75, 3.05) is 0 Å². The molecule has 81 heavy (non-hydrogen) atoms. The van der Waals surface area contributed by atoms with Gasteiger partial charge in [0, 0.05) is 67.1 Å². The van der Waals surface area contributed by atoms with E-state index in [2.05, 4.69) is 126 Å². The van der Waals surface area contributed by atoms with Gasteiger partial charge in [0.1, 0.15) is 0 Å². The lowest BCUT2D eigenvalue weighted by atomic mass is 9.92. The predicted molar refractivity (Wildman–Crippen MR) is 319 cm³/mol. The first-order chi connectivity index (χ1) is 39.5. The van der Waals surface area contributed by atoms with Crippen LogP contribution in [0, 0.1) is 77.0 Å². The summed E-state index contributed by atoms with van der Waals surface area (Å²) >= 11 is 0. The molecule has 0 aromatic heterocycles. The molecule has 0 saturated carbocycles. The van der Waals surface area contributed by atoms with E-state index in [0.717, 1.165) is 94.6 Å². The number of hydrogen-bond donors (Lipinski definition) is 3. The Bertz CT molecular complexity index is 4140. The van der Waals surface area contributed by atoms with E-state index in [-0.39, 0.29) is 17.0 Å². The van der Waals surface area contributed by atoms with Crippen LogP contribution in [0.2, 0.25) is 0 Å². The molecule has 6 heteroatoms. The maximum atomic E-state index is 11.2. The minimum absolute atomic E-state index is 0.0271. The summed E-state index contributed by atoms with van der Waals surface area (Å²) in [5.41, 5.74) is 16.1. The van der Waals surface area contributed by atoms with Crippen LogP contribution < -0.4 is 0 Å². The Morgan fingerprint density at radius 3 is 0.753 bits per heavy atom. The monoisotopic (exact) mass is 1040 g/mol. The van der Waals surface area contributed by atoms with Gasteiger partial charge in [0.15, 0.2) is 0 Å². The SMILES string of the molecule is O=C(O)C1=CCC(C#Cc2ccc(C#Cc3ccc(-c4cc(-c5ccc(C#Cc6ccc(C#Cc7ccc(C(=O)O)cc7)cc6)cc5)cc(-c5ccc(C#Cc6ccc(C#Cc7ccc(C(=O)O)cc7)cc6)cc5)c4)cc3)cc2)C=C1. The van der Waals surface area contributed by atoms with E-state index >= 15 is 0 Å². The van der Waals surface area contributed by atoms with Gasteiger partial charge in [-0.05, 0) is 216 Å². The van der Waals surface area contributed by atoms with Crippen LogP contribution in [-0.2, 0) is 4.79 Å². The summed E-state index contributed by atoms with van der Waals surface area (Å²) in [6.07, 6.45) is 5.72. The molecular formula is C75H44O6. The number of benzene rings is 9. The first-order valence-electron chi connectivity index (χ1n) is 25.7. The molecule has 1 atom stereocenters. The molecule has 9 aromatic rings. The summed E-state index contributed by atoms with van der Waals surface area (Å²) in [4.78, 5) is 33.6. The van der Waals surface area contributed by atoms with Crippen LogP contribution in [0.3, 0.4) is 0 Å². The first-order valence-corrected chi connectivity index (χ1v) is 25.7. The second-order valence-corrected chi connectivity index (χ2v) is 18.7. The van der Waals surface area contributed by atoms with Crippen LogP contribution in [-0.4, -0.2) is 33.2 Å². The molecular weight excluding hydrogens is 997 g/mol. The highest BCUT2D eigenvalue weighted by Gasteiger charge is 2.12. The van der Waals surface area contributed by atoms with Crippen molar-refractivity contribution in [1.82, 2.24) is 0 Å². The Hall–Kier alpha value is -11.8. The topological polar surface area (TPSA) is 112 Å². The van der Waals surface area contributed by atoms with Gasteiger partial charge in [0.05, 0.1) is 16.7 Å². The molecule has 0 saturated heterocycles. The zero-order valence-corrected chi connectivity index (χ0v) is 43.3. The molecule has 0 fully saturated rings. The average molecular weight is 1040 g/mol. The largest absolute Gasteiger partial charge is 0.478 e. The van der Waals surface area contributed by atoms with Gasteiger partial charge < -0.3 is 15.3 Å². The van der Waals surface area contributed by atoms with Crippen LogP contribution >= 0.6 is 0 Å². The first kappa shape index (κ1) is 52.7. The molecule has 0 heterocycles. The molecule has 380 valence electrons. The molecule has 1 aliphatic carbocycles. The van der Waals surface area contributed by atoms with Crippen molar-refractivity contribution in [2.45, 2.75) is 6.42 Å². The molecule has 1 unspecified atom stereocenters. The van der Waals surface area contributed by atoms with Gasteiger partial charge in [-0.25, -0.2) is 14.4 Å². The van der Waals surface area contributed by atoms with Crippen molar-refractivity contribution in [3.8, 4) is 104 Å². The van der Waals surface area contributed by atoms with Crippen LogP contribution in [0.25, 0.3) is 33.4 Å². The third kappa shape index (κ3) is 14.4. The van der Waals surface area contributed by atoms with E-state index < -0.39 is 17.9 Å². The summed E-state index contributed by atoms with van der Waals surface area (Å²) < 4.78 is 0. The second-order valence-electron chi connectivity index (χ2n) is 18.7. The van der Waals surface area contributed by atoms with Gasteiger partial charge in [-0.2, -0.15) is 0 Å². The highest BCUT2D eigenvalue weighted by molar-refractivity contribution is 5.90. The molecule has 0 aliphatic heterocycles. The standard InChI is InChI=1S/C75H44O6/c76-73(77)67-43-31-61(32-44-67)22-16-55-7-1-52(2-8-55)13-19-58-25-37-64(38-26-58)70-49-71(65-39-27-59(28-40-65)20-14-53-3-9-56(10-4-53)17-23-62-33-45-68(46-34-62)74(78)79)51-72(50-70)66-41-29-60(30-42-66)21-15-54-5-11-57(12-6-54)18-24-63-35-47-69(48-36-63)75(80)81/h1-12,25-35,37-51,63H,36H2,(H,76,77)(H,78,79)(H,80,81). The van der Waals surface area contributed by atoms with Crippen LogP contribution in [0.4, 0.5) is 0 Å². The fourth-order valence-electron chi connectivity index (χ4n) is 8.45. The van der Waals surface area contributed by atoms with E-state index in [4.69, 9.17) is 10.2 Å². The number of carboxylic acid groups (broad SMARTS) is 3. The van der Waals surface area contributed by atoms with E-state index in [9.17, 15) is 19.5 Å². The molecule has 10 rings (SSSR count). The highest BCUT2D eigenvalue weighted by Crippen LogP contribution is 2.34. The quantitative estimate of drug-likeness (QED) is 0.143. The lowest BCUT2D eigenvalue weighted by molar-refractivity contribution is -0.132. The zero-order valence-electron chi connectivity index (χ0n) is 43.3. The molecule has 0 bridgehead atoms. The summed E-state index contributed by atoms with van der Waals surface area (Å²) in [5.74, 6) is 35.7. The Kier molecular flexibility index (Phi) is 16.2. The molecule has 9 aromatic carbocycles. The van der Waals surface area contributed by atoms with Crippen LogP contribution in [0.15, 0.2) is 236 Å². The Morgan fingerprint density at radius 1 is 0.296 bits per heavy atom. The Morgan fingerprint density at radius 2 is 0.531 bits per heavy atom. The van der Waals surface area contributed by atoms with Gasteiger partial charge in [-0.3, -0.25) is 0 Å². The number of carboxylic acids is 3. The number of carbonyl (C=O) groups is 3. The number of aliphatic carboxylic acids is 1. The lowest BCUT2D eigenvalue weighted by Crippen LogP contribution is -2.04. The molecule has 3 N–H and O–H groups in total. The molecule has 0 spiro atoms. The number of rotatable bonds is 6. The summed E-state index contributed by atoms with van der Waals surface area (Å²) in [7, 11) is 0. The van der Waals surface area contributed by atoms with Crippen LogP contribution in [0.1, 0.15) is 88.3 Å². The van der Waals surface area contributed by atoms with Crippen LogP contribution in [0.5, 0.6) is 0 Å². The third-order valence-corrected chi connectivity index (χ3v) is 13.0. The molecule has 0 radical (unpaired) electrons. The average Bonchev–Trinajstić information content (AvgIpc) is 3.53. The van der Waals surface area contributed by atoms with Crippen molar-refractivity contribution >= 4 is 17.9 Å². The summed E-state index contributed by atoms with van der Waals surface area (Å²) in [6.45, 7) is 0. The maximum Gasteiger partial charge on any atom is 0.335 e. The fourth-order valence-corrected chi connectivity index (χ4v) is 8.45. The van der Waals surface area contributed by atoms with E-state index in [0.29, 0.717) is 12.0 Å². The molecule has 1 aliphatic rings. The number of hydrogen-bond acceptors (Lipinski definition) is 3. The fraction of sp³-hybridized carbons (Fsp3) is 0.0267. The number of allylic oxidation sites excluding steroid dienone is 2. The van der Waals surface area contributed by atoms with Crippen molar-refractivity contribution in [3.63, 3.8) is 0 Å². The predicted octanol–water partition coefficient (Wildman–Crippen LogP) is 14.0. The highest BCUT2D eigenvalue weighted by atomic mass is 16.4. The van der Waals surface area contributed by atoms with Gasteiger partial charge >= 0.3 is 17.9 Å². The van der Waals surface area contributed by atoms with Gasteiger partial charge in [-0.1, -0.05) is 126 Å². The van der Waals surface area contributed by atoms with Crippen molar-refractivity contribution < 1.29 is 29.7 Å².